The van der Waals surface area contributed by atoms with Crippen molar-refractivity contribution in [2.45, 2.75) is 50.1 Å². The molecule has 0 N–H and O–H groups in total. The number of rotatable bonds is 3. The van der Waals surface area contributed by atoms with Gasteiger partial charge in [-0.05, 0) is 73.3 Å². The summed E-state index contributed by atoms with van der Waals surface area (Å²) >= 11 is 0. The Morgan fingerprint density at radius 3 is 2.11 bits per heavy atom. The molecule has 27 heavy (non-hydrogen) atoms. The van der Waals surface area contributed by atoms with Crippen molar-refractivity contribution < 1.29 is 22.9 Å². The van der Waals surface area contributed by atoms with Crippen molar-refractivity contribution in [1.29, 1.82) is 0 Å². The Morgan fingerprint density at radius 1 is 1.15 bits per heavy atom. The van der Waals surface area contributed by atoms with Crippen molar-refractivity contribution >= 4 is 17.3 Å². The van der Waals surface area contributed by atoms with Crippen LogP contribution in [0.25, 0.3) is 0 Å². The third kappa shape index (κ3) is 2.99. The number of amides is 1. The fourth-order valence-corrected chi connectivity index (χ4v) is 6.05. The normalized spacial score (nSPS) is 31.8. The largest absolute Gasteiger partial charge is 0.471 e. The van der Waals surface area contributed by atoms with Crippen molar-refractivity contribution in [3.8, 4) is 0 Å². The molecule has 1 amide bonds. The standard InChI is InChI=1S/C19H21F3N2O3/c1-23(17(25)19(20,21)22)15-3-2-14(7-16(15)24(26)27)18-8-11-4-12(9-18)6-13(5-11)10-18/h2-3,7,11-13H,4-6,8-10H2,1H3. The predicted molar refractivity (Wildman–Crippen MR) is 92.4 cm³/mol. The van der Waals surface area contributed by atoms with Crippen molar-refractivity contribution in [3.63, 3.8) is 0 Å². The molecule has 4 saturated carbocycles. The fourth-order valence-electron chi connectivity index (χ4n) is 6.05. The van der Waals surface area contributed by atoms with Crippen LogP contribution in [-0.4, -0.2) is 24.1 Å². The number of hydrogen-bond acceptors (Lipinski definition) is 3. The molecule has 0 spiro atoms. The van der Waals surface area contributed by atoms with E-state index in [1.165, 1.54) is 31.4 Å². The molecular formula is C19H21F3N2O3. The van der Waals surface area contributed by atoms with Crippen LogP contribution in [0, 0.1) is 27.9 Å². The molecule has 0 unspecified atom stereocenters. The minimum absolute atomic E-state index is 0.107. The topological polar surface area (TPSA) is 63.5 Å². The molecule has 4 aliphatic rings. The lowest BCUT2D eigenvalue weighted by molar-refractivity contribution is -0.384. The summed E-state index contributed by atoms with van der Waals surface area (Å²) in [6.45, 7) is 0. The summed E-state index contributed by atoms with van der Waals surface area (Å²) in [4.78, 5) is 22.7. The Kier molecular flexibility index (Phi) is 4.01. The molecule has 0 radical (unpaired) electrons. The Hall–Kier alpha value is -2.12. The molecule has 0 saturated heterocycles. The second kappa shape index (κ2) is 5.94. The lowest BCUT2D eigenvalue weighted by Crippen LogP contribution is -2.48. The van der Waals surface area contributed by atoms with E-state index < -0.39 is 22.7 Å². The maximum absolute atomic E-state index is 12.7. The number of alkyl halides is 3. The van der Waals surface area contributed by atoms with Crippen LogP contribution < -0.4 is 4.90 Å². The molecule has 5 nitrogen and oxygen atoms in total. The van der Waals surface area contributed by atoms with E-state index in [0.29, 0.717) is 22.7 Å². The first-order valence-electron chi connectivity index (χ1n) is 9.23. The number of hydrogen-bond donors (Lipinski definition) is 0. The van der Waals surface area contributed by atoms with Gasteiger partial charge in [0.15, 0.2) is 0 Å². The molecule has 0 aromatic heterocycles. The maximum Gasteiger partial charge on any atom is 0.471 e. The zero-order chi connectivity index (χ0) is 19.6. The summed E-state index contributed by atoms with van der Waals surface area (Å²) in [5.74, 6) is -0.188. The number of benzene rings is 1. The van der Waals surface area contributed by atoms with Crippen LogP contribution in [0.3, 0.4) is 0 Å². The lowest BCUT2D eigenvalue weighted by Gasteiger charge is -2.57. The molecule has 5 rings (SSSR count). The molecule has 0 atom stereocenters. The Labute approximate surface area is 154 Å². The van der Waals surface area contributed by atoms with Crippen LogP contribution in [0.15, 0.2) is 18.2 Å². The van der Waals surface area contributed by atoms with E-state index in [1.807, 2.05) is 0 Å². The van der Waals surface area contributed by atoms with E-state index in [2.05, 4.69) is 0 Å². The highest BCUT2D eigenvalue weighted by Gasteiger charge is 2.52. The molecule has 1 aromatic rings. The molecule has 1 aromatic carbocycles. The molecule has 0 aliphatic heterocycles. The van der Waals surface area contributed by atoms with Crippen molar-refractivity contribution in [3.05, 3.63) is 33.9 Å². The maximum atomic E-state index is 12.7. The Balaban J connectivity index is 1.72. The molecule has 0 heterocycles. The van der Waals surface area contributed by atoms with Gasteiger partial charge in [0, 0.05) is 13.1 Å². The summed E-state index contributed by atoms with van der Waals surface area (Å²) in [7, 11) is 0.919. The van der Waals surface area contributed by atoms with Gasteiger partial charge < -0.3 is 4.90 Å². The molecule has 4 aliphatic carbocycles. The second-order valence-corrected chi connectivity index (χ2v) is 8.52. The number of nitro benzene ring substituents is 1. The first-order chi connectivity index (χ1) is 12.6. The summed E-state index contributed by atoms with van der Waals surface area (Å²) < 4.78 is 38.2. The van der Waals surface area contributed by atoms with Gasteiger partial charge in [-0.15, -0.1) is 0 Å². The van der Waals surface area contributed by atoms with Gasteiger partial charge in [-0.25, -0.2) is 0 Å². The number of halogens is 3. The molecular weight excluding hydrogens is 361 g/mol. The minimum Gasteiger partial charge on any atom is -0.302 e. The third-order valence-corrected chi connectivity index (χ3v) is 6.73. The van der Waals surface area contributed by atoms with E-state index >= 15 is 0 Å². The number of nitro groups is 1. The van der Waals surface area contributed by atoms with Crippen molar-refractivity contribution in [2.75, 3.05) is 11.9 Å². The van der Waals surface area contributed by atoms with E-state index in [1.54, 1.807) is 6.07 Å². The van der Waals surface area contributed by atoms with Gasteiger partial charge in [0.1, 0.15) is 5.69 Å². The summed E-state index contributed by atoms with van der Waals surface area (Å²) in [5, 5.41) is 11.6. The van der Waals surface area contributed by atoms with Crippen molar-refractivity contribution in [2.24, 2.45) is 17.8 Å². The van der Waals surface area contributed by atoms with Crippen LogP contribution in [-0.2, 0) is 10.2 Å². The number of carbonyl (C=O) groups excluding carboxylic acids is 1. The first-order valence-corrected chi connectivity index (χ1v) is 9.23. The van der Waals surface area contributed by atoms with E-state index in [4.69, 9.17) is 0 Å². The van der Waals surface area contributed by atoms with E-state index in [9.17, 15) is 28.1 Å². The van der Waals surface area contributed by atoms with Gasteiger partial charge in [-0.1, -0.05) is 6.07 Å². The van der Waals surface area contributed by atoms with Crippen LogP contribution in [0.1, 0.15) is 44.1 Å². The van der Waals surface area contributed by atoms with Gasteiger partial charge in [0.2, 0.25) is 0 Å². The number of carbonyl (C=O) groups is 1. The van der Waals surface area contributed by atoms with Gasteiger partial charge in [-0.2, -0.15) is 13.2 Å². The van der Waals surface area contributed by atoms with Gasteiger partial charge in [-0.3, -0.25) is 14.9 Å². The quantitative estimate of drug-likeness (QED) is 0.567. The van der Waals surface area contributed by atoms with Crippen molar-refractivity contribution in [1.82, 2.24) is 0 Å². The monoisotopic (exact) mass is 382 g/mol. The molecule has 4 bridgehead atoms. The molecule has 146 valence electrons. The van der Waals surface area contributed by atoms with Crippen LogP contribution in [0.2, 0.25) is 0 Å². The average Bonchev–Trinajstić information content (AvgIpc) is 2.58. The summed E-state index contributed by atoms with van der Waals surface area (Å²) in [5.41, 5.74) is -0.0333. The zero-order valence-electron chi connectivity index (χ0n) is 15.0. The number of nitrogens with zero attached hydrogens (tertiary/aromatic N) is 2. The van der Waals surface area contributed by atoms with E-state index in [0.717, 1.165) is 31.9 Å². The SMILES string of the molecule is CN(C(=O)C(F)(F)F)c1ccc(C23CC4CC(CC(C4)C2)C3)cc1[N+](=O)[O-]. The average molecular weight is 382 g/mol. The highest BCUT2D eigenvalue weighted by molar-refractivity contribution is 5.98. The minimum atomic E-state index is -5.08. The molecule has 4 fully saturated rings. The third-order valence-electron chi connectivity index (χ3n) is 6.73. The van der Waals surface area contributed by atoms with Crippen LogP contribution in [0.5, 0.6) is 0 Å². The van der Waals surface area contributed by atoms with Crippen LogP contribution in [0.4, 0.5) is 24.5 Å². The predicted octanol–water partition coefficient (Wildman–Crippen LogP) is 4.59. The highest BCUT2D eigenvalue weighted by Crippen LogP contribution is 2.61. The lowest BCUT2D eigenvalue weighted by atomic mass is 9.48. The summed E-state index contributed by atoms with van der Waals surface area (Å²) in [6.07, 6.45) is 1.57. The van der Waals surface area contributed by atoms with Gasteiger partial charge in [0.25, 0.3) is 5.69 Å². The fraction of sp³-hybridized carbons (Fsp3) is 0.632. The zero-order valence-corrected chi connectivity index (χ0v) is 15.0. The smallest absolute Gasteiger partial charge is 0.302 e. The summed E-state index contributed by atoms with van der Waals surface area (Å²) in [6, 6.07) is 4.40. The van der Waals surface area contributed by atoms with E-state index in [-0.39, 0.29) is 11.1 Å². The van der Waals surface area contributed by atoms with Gasteiger partial charge >= 0.3 is 12.1 Å². The second-order valence-electron chi connectivity index (χ2n) is 8.52. The highest BCUT2D eigenvalue weighted by atomic mass is 19.4. The van der Waals surface area contributed by atoms with Crippen LogP contribution >= 0.6 is 0 Å². The first kappa shape index (κ1) is 18.3. The number of anilines is 1. The van der Waals surface area contributed by atoms with Gasteiger partial charge in [0.05, 0.1) is 4.92 Å². The Bertz CT molecular complexity index is 771. The Morgan fingerprint density at radius 2 is 1.67 bits per heavy atom. The molecule has 8 heteroatoms.